The number of carbonyl (C=O) groups is 2. The molecule has 0 aliphatic rings. The van der Waals surface area contributed by atoms with Crippen LogP contribution in [-0.2, 0) is 9.53 Å². The molecule has 1 N–H and O–H groups in total. The summed E-state index contributed by atoms with van der Waals surface area (Å²) in [6.07, 6.45) is 1.37. The molecule has 102 valence electrons. The van der Waals surface area contributed by atoms with Crippen LogP contribution in [0.1, 0.15) is 30.6 Å². The number of Topliss-reactive ketones (excluding diaryl/α,β-unsaturated/α-hetero) is 1. The summed E-state index contributed by atoms with van der Waals surface area (Å²) in [5.74, 6) is -1.04. The van der Waals surface area contributed by atoms with E-state index in [1.54, 1.807) is 37.3 Å². The minimum Gasteiger partial charge on any atom is -0.466 e. The summed E-state index contributed by atoms with van der Waals surface area (Å²) in [7, 11) is 1.23. The molecule has 0 spiro atoms. The molecule has 4 nitrogen and oxygen atoms in total. The molecule has 0 heterocycles. The van der Waals surface area contributed by atoms with Crippen molar-refractivity contribution in [1.82, 2.24) is 0 Å². The molecular weight excluding hydrogens is 244 g/mol. The van der Waals surface area contributed by atoms with Crippen LogP contribution in [0.3, 0.4) is 0 Å². The lowest BCUT2D eigenvalue weighted by Crippen LogP contribution is -2.31. The number of methoxy groups -OCH3 is 1. The van der Waals surface area contributed by atoms with E-state index in [1.165, 1.54) is 14.0 Å². The zero-order valence-electron chi connectivity index (χ0n) is 11.3. The lowest BCUT2D eigenvalue weighted by molar-refractivity contribution is -0.135. The molecule has 1 unspecified atom stereocenters. The molecule has 0 aliphatic carbocycles. The number of benzene rings is 1. The molecule has 1 aromatic carbocycles. The van der Waals surface area contributed by atoms with E-state index in [-0.39, 0.29) is 11.4 Å². The molecule has 0 radical (unpaired) electrons. The van der Waals surface area contributed by atoms with Crippen molar-refractivity contribution < 1.29 is 19.4 Å². The summed E-state index contributed by atoms with van der Waals surface area (Å²) in [6, 6.07) is 8.52. The Balaban J connectivity index is 3.22. The van der Waals surface area contributed by atoms with Gasteiger partial charge in [0.25, 0.3) is 0 Å². The van der Waals surface area contributed by atoms with Crippen molar-refractivity contribution in [3.63, 3.8) is 0 Å². The van der Waals surface area contributed by atoms with Gasteiger partial charge in [-0.15, -0.1) is 0 Å². The molecule has 1 atom stereocenters. The molecule has 0 saturated heterocycles. The summed E-state index contributed by atoms with van der Waals surface area (Å²) in [5, 5.41) is 10.3. The topological polar surface area (TPSA) is 63.6 Å². The van der Waals surface area contributed by atoms with Crippen molar-refractivity contribution in [2.75, 3.05) is 7.11 Å². The Morgan fingerprint density at radius 3 is 2.37 bits per heavy atom. The van der Waals surface area contributed by atoms with Crippen LogP contribution in [0.25, 0.3) is 0 Å². The van der Waals surface area contributed by atoms with Gasteiger partial charge in [-0.2, -0.15) is 0 Å². The van der Waals surface area contributed by atoms with Gasteiger partial charge in [-0.05, 0) is 13.3 Å². The van der Waals surface area contributed by atoms with Gasteiger partial charge in [0.05, 0.1) is 12.7 Å². The van der Waals surface area contributed by atoms with Gasteiger partial charge >= 0.3 is 5.97 Å². The number of rotatable bonds is 5. The molecule has 19 heavy (non-hydrogen) atoms. The van der Waals surface area contributed by atoms with Gasteiger partial charge in [0.2, 0.25) is 0 Å². The van der Waals surface area contributed by atoms with Crippen LogP contribution in [0.15, 0.2) is 42.0 Å². The molecule has 4 heteroatoms. The summed E-state index contributed by atoms with van der Waals surface area (Å²) >= 11 is 0. The monoisotopic (exact) mass is 262 g/mol. The lowest BCUT2D eigenvalue weighted by Gasteiger charge is -2.24. The van der Waals surface area contributed by atoms with Crippen LogP contribution in [0.5, 0.6) is 0 Å². The molecule has 0 aromatic heterocycles. The van der Waals surface area contributed by atoms with Crippen LogP contribution < -0.4 is 0 Å². The third-order valence-electron chi connectivity index (χ3n) is 3.01. The first-order valence-corrected chi connectivity index (χ1v) is 6.04. The van der Waals surface area contributed by atoms with Gasteiger partial charge < -0.3 is 9.84 Å². The van der Waals surface area contributed by atoms with Gasteiger partial charge in [-0.3, -0.25) is 4.79 Å². The third-order valence-corrected chi connectivity index (χ3v) is 3.01. The highest BCUT2D eigenvalue weighted by Gasteiger charge is 2.30. The third kappa shape index (κ3) is 3.76. The van der Waals surface area contributed by atoms with E-state index in [9.17, 15) is 14.7 Å². The van der Waals surface area contributed by atoms with Gasteiger partial charge in [-0.1, -0.05) is 37.3 Å². The second kappa shape index (κ2) is 6.29. The predicted octanol–water partition coefficient (Wildman–Crippen LogP) is 2.13. The number of ketones is 1. The average Bonchev–Trinajstić information content (AvgIpc) is 2.44. The SMILES string of the molecule is CCC(C)(O)/C(=C/C(=O)OC)C(=O)c1ccccc1. The van der Waals surface area contributed by atoms with Crippen LogP contribution in [0.2, 0.25) is 0 Å². The molecule has 0 amide bonds. The molecule has 0 bridgehead atoms. The predicted molar refractivity (Wildman–Crippen MR) is 71.8 cm³/mol. The van der Waals surface area contributed by atoms with Crippen LogP contribution >= 0.6 is 0 Å². The fourth-order valence-electron chi connectivity index (χ4n) is 1.58. The van der Waals surface area contributed by atoms with Crippen molar-refractivity contribution in [2.45, 2.75) is 25.9 Å². The highest BCUT2D eigenvalue weighted by molar-refractivity contribution is 6.12. The molecule has 0 fully saturated rings. The quantitative estimate of drug-likeness (QED) is 0.501. The second-order valence-corrected chi connectivity index (χ2v) is 4.40. The minimum atomic E-state index is -1.37. The maximum atomic E-state index is 12.4. The Morgan fingerprint density at radius 2 is 1.89 bits per heavy atom. The van der Waals surface area contributed by atoms with Crippen LogP contribution in [0, 0.1) is 0 Å². The zero-order chi connectivity index (χ0) is 14.5. The normalized spacial score (nSPS) is 14.6. The van der Waals surface area contributed by atoms with Crippen molar-refractivity contribution in [3.05, 3.63) is 47.5 Å². The first-order valence-electron chi connectivity index (χ1n) is 6.04. The molecule has 0 aliphatic heterocycles. The molecule has 1 aromatic rings. The Labute approximate surface area is 112 Å². The Hall–Kier alpha value is -1.94. The molecular formula is C15H18O4. The van der Waals surface area contributed by atoms with Gasteiger partial charge in [-0.25, -0.2) is 4.79 Å². The van der Waals surface area contributed by atoms with E-state index in [0.29, 0.717) is 12.0 Å². The number of hydrogen-bond donors (Lipinski definition) is 1. The maximum Gasteiger partial charge on any atom is 0.330 e. The number of esters is 1. The summed E-state index contributed by atoms with van der Waals surface area (Å²) < 4.78 is 4.53. The van der Waals surface area contributed by atoms with E-state index in [1.807, 2.05) is 0 Å². The molecule has 1 rings (SSSR count). The maximum absolute atomic E-state index is 12.4. The van der Waals surface area contributed by atoms with E-state index >= 15 is 0 Å². The fourth-order valence-corrected chi connectivity index (χ4v) is 1.58. The highest BCUT2D eigenvalue weighted by atomic mass is 16.5. The number of ether oxygens (including phenoxy) is 1. The van der Waals surface area contributed by atoms with Crippen molar-refractivity contribution in [3.8, 4) is 0 Å². The zero-order valence-corrected chi connectivity index (χ0v) is 11.3. The fraction of sp³-hybridized carbons (Fsp3) is 0.333. The Morgan fingerprint density at radius 1 is 1.32 bits per heavy atom. The van der Waals surface area contributed by atoms with Gasteiger partial charge in [0.15, 0.2) is 5.78 Å². The Kier molecular flexibility index (Phi) is 5.01. The summed E-state index contributed by atoms with van der Waals surface area (Å²) in [6.45, 7) is 3.24. The van der Waals surface area contributed by atoms with Crippen molar-refractivity contribution >= 4 is 11.8 Å². The largest absolute Gasteiger partial charge is 0.466 e. The second-order valence-electron chi connectivity index (χ2n) is 4.40. The number of carbonyl (C=O) groups excluding carboxylic acids is 2. The van der Waals surface area contributed by atoms with Gasteiger partial charge in [0.1, 0.15) is 0 Å². The standard InChI is InChI=1S/C15H18O4/c1-4-15(2,18)12(10-13(16)19-3)14(17)11-8-6-5-7-9-11/h5-10,18H,4H2,1-3H3/b12-10+. The average molecular weight is 262 g/mol. The summed E-state index contributed by atoms with van der Waals surface area (Å²) in [5.41, 5.74) is -0.916. The van der Waals surface area contributed by atoms with Crippen molar-refractivity contribution in [2.24, 2.45) is 0 Å². The van der Waals surface area contributed by atoms with Crippen molar-refractivity contribution in [1.29, 1.82) is 0 Å². The first kappa shape index (κ1) is 15.1. The first-order chi connectivity index (χ1) is 8.92. The lowest BCUT2D eigenvalue weighted by atomic mass is 9.87. The van der Waals surface area contributed by atoms with E-state index in [0.717, 1.165) is 6.08 Å². The van der Waals surface area contributed by atoms with E-state index < -0.39 is 11.6 Å². The van der Waals surface area contributed by atoms with Crippen LogP contribution in [-0.4, -0.2) is 29.6 Å². The van der Waals surface area contributed by atoms with Gasteiger partial charge in [0, 0.05) is 17.2 Å². The van der Waals surface area contributed by atoms with E-state index in [4.69, 9.17) is 0 Å². The van der Waals surface area contributed by atoms with E-state index in [2.05, 4.69) is 4.74 Å². The number of hydrogen-bond acceptors (Lipinski definition) is 4. The number of aliphatic hydroxyl groups is 1. The highest BCUT2D eigenvalue weighted by Crippen LogP contribution is 2.24. The smallest absolute Gasteiger partial charge is 0.330 e. The van der Waals surface area contributed by atoms with Crippen LogP contribution in [0.4, 0.5) is 0 Å². The minimum absolute atomic E-state index is 0.0352. The molecule has 0 saturated carbocycles. The Bertz CT molecular complexity index is 486. The summed E-state index contributed by atoms with van der Waals surface area (Å²) in [4.78, 5) is 23.7.